The Kier molecular flexibility index (Phi) is 3.63. The molecule has 4 heteroatoms. The van der Waals surface area contributed by atoms with Gasteiger partial charge in [0.1, 0.15) is 11.5 Å². The van der Waals surface area contributed by atoms with Crippen molar-refractivity contribution in [1.82, 2.24) is 10.3 Å². The van der Waals surface area contributed by atoms with Crippen LogP contribution >= 0.6 is 0 Å². The lowest BCUT2D eigenvalue weighted by Gasteiger charge is -2.56. The van der Waals surface area contributed by atoms with Crippen LogP contribution in [0.2, 0.25) is 0 Å². The molecule has 4 fully saturated rings. The summed E-state index contributed by atoms with van der Waals surface area (Å²) in [6, 6.07) is 11.7. The maximum absolute atomic E-state index is 13.1. The van der Waals surface area contributed by atoms with Crippen LogP contribution in [0.1, 0.15) is 49.0 Å². The lowest BCUT2D eigenvalue weighted by molar-refractivity contribution is -0.0167. The zero-order valence-corrected chi connectivity index (χ0v) is 14.7. The van der Waals surface area contributed by atoms with E-state index in [4.69, 9.17) is 0 Å². The van der Waals surface area contributed by atoms with E-state index in [0.29, 0.717) is 11.4 Å². The quantitative estimate of drug-likeness (QED) is 0.880. The minimum atomic E-state index is -0.274. The Bertz CT molecular complexity index is 810. The van der Waals surface area contributed by atoms with Crippen molar-refractivity contribution in [2.45, 2.75) is 44.1 Å². The van der Waals surface area contributed by atoms with Crippen LogP contribution in [0, 0.1) is 23.6 Å². The van der Waals surface area contributed by atoms with Gasteiger partial charge in [-0.15, -0.1) is 0 Å². The third kappa shape index (κ3) is 2.81. The molecule has 1 aromatic heterocycles. The van der Waals surface area contributed by atoms with Crippen LogP contribution in [0.25, 0.3) is 11.3 Å². The maximum atomic E-state index is 13.1. The van der Waals surface area contributed by atoms with Gasteiger partial charge in [-0.25, -0.2) is 9.37 Å². The predicted octanol–water partition coefficient (Wildman–Crippen LogP) is 4.59. The highest BCUT2D eigenvalue weighted by molar-refractivity contribution is 5.93. The van der Waals surface area contributed by atoms with Gasteiger partial charge in [0.15, 0.2) is 0 Å². The van der Waals surface area contributed by atoms with E-state index in [-0.39, 0.29) is 17.3 Å². The van der Waals surface area contributed by atoms with E-state index in [1.165, 1.54) is 31.4 Å². The molecule has 134 valence electrons. The molecule has 4 aliphatic rings. The number of carbonyl (C=O) groups excluding carboxylic acids is 1. The van der Waals surface area contributed by atoms with Crippen LogP contribution in [-0.4, -0.2) is 16.4 Å². The standard InChI is InChI=1S/C22H23FN2O/c23-18-6-4-17(5-7-18)19-2-1-3-20(24-19)21(26)25-22-11-14-8-15(12-22)10-16(9-14)13-22/h1-7,14-16H,8-13H2,(H,25,26). The number of benzene rings is 1. The molecule has 1 aromatic carbocycles. The SMILES string of the molecule is O=C(NC12CC3CC(CC(C3)C1)C2)c1cccc(-c2ccc(F)cc2)n1. The van der Waals surface area contributed by atoms with E-state index in [2.05, 4.69) is 10.3 Å². The van der Waals surface area contributed by atoms with E-state index in [9.17, 15) is 9.18 Å². The molecular weight excluding hydrogens is 327 g/mol. The van der Waals surface area contributed by atoms with E-state index >= 15 is 0 Å². The summed E-state index contributed by atoms with van der Waals surface area (Å²) in [4.78, 5) is 17.5. The van der Waals surface area contributed by atoms with Gasteiger partial charge >= 0.3 is 0 Å². The lowest BCUT2D eigenvalue weighted by Crippen LogP contribution is -2.59. The number of halogens is 1. The van der Waals surface area contributed by atoms with Crippen molar-refractivity contribution in [3.8, 4) is 11.3 Å². The highest BCUT2D eigenvalue weighted by Crippen LogP contribution is 2.55. The highest BCUT2D eigenvalue weighted by Gasteiger charge is 2.51. The first kappa shape index (κ1) is 16.0. The number of pyridine rings is 1. The molecule has 26 heavy (non-hydrogen) atoms. The van der Waals surface area contributed by atoms with Crippen molar-refractivity contribution in [2.75, 3.05) is 0 Å². The molecule has 0 spiro atoms. The summed E-state index contributed by atoms with van der Waals surface area (Å²) >= 11 is 0. The second kappa shape index (κ2) is 5.90. The van der Waals surface area contributed by atoms with Gasteiger partial charge in [0.2, 0.25) is 0 Å². The molecule has 4 saturated carbocycles. The van der Waals surface area contributed by atoms with Gasteiger partial charge in [0.25, 0.3) is 5.91 Å². The molecule has 3 nitrogen and oxygen atoms in total. The van der Waals surface area contributed by atoms with Crippen LogP contribution in [-0.2, 0) is 0 Å². The Morgan fingerprint density at radius 1 is 0.962 bits per heavy atom. The van der Waals surface area contributed by atoms with Crippen LogP contribution in [0.5, 0.6) is 0 Å². The summed E-state index contributed by atoms with van der Waals surface area (Å²) in [5.41, 5.74) is 1.95. The molecular formula is C22H23FN2O. The van der Waals surface area contributed by atoms with E-state index in [0.717, 1.165) is 42.6 Å². The van der Waals surface area contributed by atoms with Crippen LogP contribution in [0.4, 0.5) is 4.39 Å². The summed E-state index contributed by atoms with van der Waals surface area (Å²) < 4.78 is 13.1. The normalized spacial score (nSPS) is 31.8. The first-order chi connectivity index (χ1) is 12.6. The van der Waals surface area contributed by atoms with Crippen LogP contribution in [0.3, 0.4) is 0 Å². The number of rotatable bonds is 3. The molecule has 2 aromatic rings. The monoisotopic (exact) mass is 350 g/mol. The van der Waals surface area contributed by atoms with Crippen molar-refractivity contribution in [1.29, 1.82) is 0 Å². The fourth-order valence-corrected chi connectivity index (χ4v) is 5.91. The summed E-state index contributed by atoms with van der Waals surface area (Å²) in [7, 11) is 0. The summed E-state index contributed by atoms with van der Waals surface area (Å²) in [5.74, 6) is 2.03. The molecule has 1 heterocycles. The molecule has 0 saturated heterocycles. The largest absolute Gasteiger partial charge is 0.345 e. The Balaban J connectivity index is 1.38. The molecule has 1 N–H and O–H groups in total. The summed E-state index contributed by atoms with van der Waals surface area (Å²) in [6.07, 6.45) is 7.45. The third-order valence-electron chi connectivity index (χ3n) is 6.54. The Labute approximate surface area is 153 Å². The smallest absolute Gasteiger partial charge is 0.270 e. The number of hydrogen-bond acceptors (Lipinski definition) is 2. The highest BCUT2D eigenvalue weighted by atomic mass is 19.1. The summed E-state index contributed by atoms with van der Waals surface area (Å²) in [6.45, 7) is 0. The fourth-order valence-electron chi connectivity index (χ4n) is 5.91. The number of aromatic nitrogens is 1. The van der Waals surface area contributed by atoms with Gasteiger partial charge in [0, 0.05) is 11.1 Å². The number of nitrogens with zero attached hydrogens (tertiary/aromatic N) is 1. The zero-order chi connectivity index (χ0) is 17.7. The second-order valence-electron chi connectivity index (χ2n) is 8.57. The number of nitrogens with one attached hydrogen (secondary N) is 1. The average molecular weight is 350 g/mol. The molecule has 4 aliphatic carbocycles. The van der Waals surface area contributed by atoms with Gasteiger partial charge in [-0.2, -0.15) is 0 Å². The second-order valence-corrected chi connectivity index (χ2v) is 8.57. The van der Waals surface area contributed by atoms with E-state index < -0.39 is 0 Å². The van der Waals surface area contributed by atoms with Crippen molar-refractivity contribution < 1.29 is 9.18 Å². The summed E-state index contributed by atoms with van der Waals surface area (Å²) in [5, 5.41) is 3.37. The van der Waals surface area contributed by atoms with Crippen LogP contribution in [0.15, 0.2) is 42.5 Å². The van der Waals surface area contributed by atoms with Gasteiger partial charge in [-0.1, -0.05) is 6.07 Å². The molecule has 4 bridgehead atoms. The van der Waals surface area contributed by atoms with Gasteiger partial charge in [-0.3, -0.25) is 4.79 Å². The Hall–Kier alpha value is -2.23. The third-order valence-corrected chi connectivity index (χ3v) is 6.54. The Morgan fingerprint density at radius 2 is 1.58 bits per heavy atom. The van der Waals surface area contributed by atoms with Gasteiger partial charge in [0.05, 0.1) is 5.69 Å². The molecule has 0 unspecified atom stereocenters. The van der Waals surface area contributed by atoms with E-state index in [1.807, 2.05) is 12.1 Å². The molecule has 6 rings (SSSR count). The minimum absolute atomic E-state index is 0.0145. The first-order valence-corrected chi connectivity index (χ1v) is 9.64. The first-order valence-electron chi connectivity index (χ1n) is 9.64. The zero-order valence-electron chi connectivity index (χ0n) is 14.7. The lowest BCUT2D eigenvalue weighted by atomic mass is 9.53. The average Bonchev–Trinajstić information content (AvgIpc) is 2.61. The predicted molar refractivity (Wildman–Crippen MR) is 98.0 cm³/mol. The molecule has 0 atom stereocenters. The van der Waals surface area contributed by atoms with Gasteiger partial charge in [-0.05, 0) is 92.7 Å². The molecule has 1 amide bonds. The van der Waals surface area contributed by atoms with Crippen LogP contribution < -0.4 is 5.32 Å². The number of amides is 1. The number of hydrogen-bond donors (Lipinski definition) is 1. The van der Waals surface area contributed by atoms with Crippen molar-refractivity contribution in [3.63, 3.8) is 0 Å². The minimum Gasteiger partial charge on any atom is -0.345 e. The maximum Gasteiger partial charge on any atom is 0.270 e. The van der Waals surface area contributed by atoms with Crippen molar-refractivity contribution in [3.05, 3.63) is 54.0 Å². The van der Waals surface area contributed by atoms with Crippen molar-refractivity contribution in [2.24, 2.45) is 17.8 Å². The topological polar surface area (TPSA) is 42.0 Å². The van der Waals surface area contributed by atoms with Gasteiger partial charge < -0.3 is 5.32 Å². The van der Waals surface area contributed by atoms with Crippen molar-refractivity contribution >= 4 is 5.91 Å². The molecule has 0 aliphatic heterocycles. The molecule has 0 radical (unpaired) electrons. The number of carbonyl (C=O) groups is 1. The van der Waals surface area contributed by atoms with E-state index in [1.54, 1.807) is 18.2 Å². The Morgan fingerprint density at radius 3 is 2.19 bits per heavy atom. The fraction of sp³-hybridized carbons (Fsp3) is 0.455.